The second kappa shape index (κ2) is 8.18. The van der Waals surface area contributed by atoms with Gasteiger partial charge in [0.15, 0.2) is 0 Å². The number of nitrogens with one attached hydrogen (secondary N) is 6. The van der Waals surface area contributed by atoms with E-state index in [1.807, 2.05) is 0 Å². The molecule has 4 amide bonds. The Balaban J connectivity index is 1.47. The van der Waals surface area contributed by atoms with Crippen LogP contribution in [0.25, 0.3) is 0 Å². The lowest BCUT2D eigenvalue weighted by Gasteiger charge is -2.06. The molecule has 0 aromatic carbocycles. The summed E-state index contributed by atoms with van der Waals surface area (Å²) >= 11 is 0. The van der Waals surface area contributed by atoms with Gasteiger partial charge < -0.3 is 20.6 Å². The van der Waals surface area contributed by atoms with Gasteiger partial charge in [-0.3, -0.25) is 10.6 Å². The number of hydrogen-bond acceptors (Lipinski definition) is 6. The van der Waals surface area contributed by atoms with Gasteiger partial charge in [0.1, 0.15) is 12.7 Å². The van der Waals surface area contributed by atoms with Gasteiger partial charge in [0.25, 0.3) is 0 Å². The van der Waals surface area contributed by atoms with Crippen LogP contribution in [0.4, 0.5) is 21.5 Å². The molecule has 0 atom stereocenters. The Morgan fingerprint density at radius 3 is 1.68 bits per heavy atom. The van der Waals surface area contributed by atoms with Gasteiger partial charge in [0.2, 0.25) is 11.9 Å². The molecule has 0 saturated carbocycles. The number of hydrogen-bond donors (Lipinski definition) is 6. The average Bonchev–Trinajstić information content (AvgIpc) is 3.16. The number of carbonyl (C=O) groups is 2. The van der Waals surface area contributed by atoms with E-state index in [1.54, 1.807) is 0 Å². The van der Waals surface area contributed by atoms with E-state index in [1.165, 1.54) is 12.7 Å². The quantitative estimate of drug-likeness (QED) is 0.382. The third kappa shape index (κ3) is 5.44. The van der Waals surface area contributed by atoms with E-state index < -0.39 is 0 Å². The molecule has 6 N–H and O–H groups in total. The Hall–Kier alpha value is -3.18. The Bertz CT molecular complexity index is 514. The van der Waals surface area contributed by atoms with Crippen molar-refractivity contribution in [3.63, 3.8) is 0 Å². The molecule has 0 spiro atoms. The lowest BCUT2D eigenvalue weighted by atomic mass is 10.3. The molecular formula is C10H16N10O2. The zero-order chi connectivity index (χ0) is 15.6. The van der Waals surface area contributed by atoms with Crippen LogP contribution in [0, 0.1) is 0 Å². The SMILES string of the molecule is O=C(NCCCCNC(=O)Nc1nnc[nH]1)Nc1nnc[nH]1. The number of aromatic amines is 2. The first kappa shape index (κ1) is 15.2. The van der Waals surface area contributed by atoms with Gasteiger partial charge in [-0.05, 0) is 12.8 Å². The molecule has 0 saturated heterocycles. The first-order chi connectivity index (χ1) is 10.7. The number of amides is 4. The van der Waals surface area contributed by atoms with Crippen LogP contribution in [0.15, 0.2) is 12.7 Å². The van der Waals surface area contributed by atoms with Crippen LogP contribution in [-0.4, -0.2) is 55.5 Å². The van der Waals surface area contributed by atoms with Crippen molar-refractivity contribution in [1.82, 2.24) is 41.0 Å². The normalized spacial score (nSPS) is 10.0. The maximum Gasteiger partial charge on any atom is 0.321 e. The van der Waals surface area contributed by atoms with Crippen molar-refractivity contribution in [1.29, 1.82) is 0 Å². The van der Waals surface area contributed by atoms with Crippen LogP contribution >= 0.6 is 0 Å². The van der Waals surface area contributed by atoms with Gasteiger partial charge in [-0.2, -0.15) is 0 Å². The Morgan fingerprint density at radius 1 is 0.864 bits per heavy atom. The zero-order valence-corrected chi connectivity index (χ0v) is 11.6. The molecule has 12 heteroatoms. The van der Waals surface area contributed by atoms with E-state index in [2.05, 4.69) is 51.6 Å². The fraction of sp³-hybridized carbons (Fsp3) is 0.400. The van der Waals surface area contributed by atoms with Crippen LogP contribution in [0.2, 0.25) is 0 Å². The molecule has 0 fully saturated rings. The summed E-state index contributed by atoms with van der Waals surface area (Å²) in [7, 11) is 0. The predicted octanol–water partition coefficient (Wildman–Crippen LogP) is -0.354. The minimum absolute atomic E-state index is 0.281. The van der Waals surface area contributed by atoms with Gasteiger partial charge >= 0.3 is 12.1 Å². The van der Waals surface area contributed by atoms with E-state index in [9.17, 15) is 9.59 Å². The molecule has 0 aliphatic carbocycles. The maximum atomic E-state index is 11.4. The molecular weight excluding hydrogens is 292 g/mol. The lowest BCUT2D eigenvalue weighted by molar-refractivity contribution is 0.249. The van der Waals surface area contributed by atoms with Gasteiger partial charge in [-0.25, -0.2) is 9.59 Å². The summed E-state index contributed by atoms with van der Waals surface area (Å²) in [6.07, 6.45) is 4.16. The molecule has 0 aliphatic rings. The van der Waals surface area contributed by atoms with Crippen molar-refractivity contribution in [3.05, 3.63) is 12.7 Å². The number of carbonyl (C=O) groups excluding carboxylic acids is 2. The van der Waals surface area contributed by atoms with Crippen molar-refractivity contribution < 1.29 is 9.59 Å². The summed E-state index contributed by atoms with van der Waals surface area (Å²) in [5.74, 6) is 0.562. The monoisotopic (exact) mass is 308 g/mol. The van der Waals surface area contributed by atoms with Crippen molar-refractivity contribution >= 4 is 24.0 Å². The highest BCUT2D eigenvalue weighted by Crippen LogP contribution is 1.93. The molecule has 0 unspecified atom stereocenters. The third-order valence-corrected chi connectivity index (χ3v) is 2.47. The Kier molecular flexibility index (Phi) is 5.66. The molecule has 12 nitrogen and oxygen atoms in total. The van der Waals surface area contributed by atoms with Gasteiger partial charge in [0, 0.05) is 13.1 Å². The summed E-state index contributed by atoms with van der Waals surface area (Å²) in [6.45, 7) is 0.955. The minimum Gasteiger partial charge on any atom is -0.338 e. The number of unbranched alkanes of at least 4 members (excludes halogenated alkanes) is 1. The average molecular weight is 308 g/mol. The van der Waals surface area contributed by atoms with E-state index in [0.717, 1.165) is 0 Å². The van der Waals surface area contributed by atoms with Crippen molar-refractivity contribution in [3.8, 4) is 0 Å². The summed E-state index contributed by atoms with van der Waals surface area (Å²) in [6, 6.07) is -0.736. The van der Waals surface area contributed by atoms with E-state index in [4.69, 9.17) is 0 Å². The third-order valence-electron chi connectivity index (χ3n) is 2.47. The summed E-state index contributed by atoms with van der Waals surface area (Å²) in [5, 5.41) is 24.6. The van der Waals surface area contributed by atoms with E-state index in [-0.39, 0.29) is 24.0 Å². The van der Waals surface area contributed by atoms with Gasteiger partial charge in [-0.1, -0.05) is 0 Å². The largest absolute Gasteiger partial charge is 0.338 e. The predicted molar refractivity (Wildman–Crippen MR) is 76.0 cm³/mol. The van der Waals surface area contributed by atoms with Crippen LogP contribution in [0.3, 0.4) is 0 Å². The highest BCUT2D eigenvalue weighted by Gasteiger charge is 2.04. The Morgan fingerprint density at radius 2 is 1.32 bits per heavy atom. The standard InChI is InChI=1S/C10H16N10O2/c21-9(17-7-13-5-15-19-7)11-3-1-2-4-12-10(22)18-8-14-6-16-20-8/h5-6H,1-4H2,(H3,11,13,15,17,19,21)(H3,12,14,16,18,20,22). The molecule has 2 heterocycles. The summed E-state index contributed by atoms with van der Waals surface area (Å²) in [5.41, 5.74) is 0. The minimum atomic E-state index is -0.368. The van der Waals surface area contributed by atoms with Gasteiger partial charge in [-0.15, -0.1) is 20.4 Å². The summed E-state index contributed by atoms with van der Waals surface area (Å²) in [4.78, 5) is 28.1. The molecule has 2 rings (SSSR count). The van der Waals surface area contributed by atoms with Crippen molar-refractivity contribution in [2.45, 2.75) is 12.8 Å². The molecule has 0 bridgehead atoms. The molecule has 2 aromatic heterocycles. The van der Waals surface area contributed by atoms with E-state index >= 15 is 0 Å². The number of H-pyrrole nitrogens is 2. The molecule has 118 valence electrons. The van der Waals surface area contributed by atoms with Crippen molar-refractivity contribution in [2.24, 2.45) is 0 Å². The highest BCUT2D eigenvalue weighted by atomic mass is 16.2. The number of anilines is 2. The van der Waals surface area contributed by atoms with E-state index in [0.29, 0.717) is 25.9 Å². The Labute approximate surface area is 124 Å². The van der Waals surface area contributed by atoms with Crippen LogP contribution in [-0.2, 0) is 0 Å². The first-order valence-electron chi connectivity index (χ1n) is 6.56. The fourth-order valence-corrected chi connectivity index (χ4v) is 1.49. The maximum absolute atomic E-state index is 11.4. The molecule has 2 aromatic rings. The number of urea groups is 2. The molecule has 0 aliphatic heterocycles. The number of rotatable bonds is 7. The van der Waals surface area contributed by atoms with Crippen LogP contribution in [0.5, 0.6) is 0 Å². The second-order valence-corrected chi connectivity index (χ2v) is 4.14. The number of aromatic nitrogens is 6. The van der Waals surface area contributed by atoms with Gasteiger partial charge in [0.05, 0.1) is 0 Å². The lowest BCUT2D eigenvalue weighted by Crippen LogP contribution is -2.32. The molecule has 0 radical (unpaired) electrons. The molecule has 22 heavy (non-hydrogen) atoms. The zero-order valence-electron chi connectivity index (χ0n) is 11.6. The first-order valence-corrected chi connectivity index (χ1v) is 6.56. The highest BCUT2D eigenvalue weighted by molar-refractivity contribution is 5.87. The smallest absolute Gasteiger partial charge is 0.321 e. The number of nitrogens with zero attached hydrogens (tertiary/aromatic N) is 4. The van der Waals surface area contributed by atoms with Crippen molar-refractivity contribution in [2.75, 3.05) is 23.7 Å². The summed E-state index contributed by atoms with van der Waals surface area (Å²) < 4.78 is 0. The fourth-order valence-electron chi connectivity index (χ4n) is 1.49. The van der Waals surface area contributed by atoms with Crippen LogP contribution < -0.4 is 21.3 Å². The second-order valence-electron chi connectivity index (χ2n) is 4.14. The van der Waals surface area contributed by atoms with Crippen LogP contribution in [0.1, 0.15) is 12.8 Å². The topological polar surface area (TPSA) is 165 Å².